The quantitative estimate of drug-likeness (QED) is 0.860. The van der Waals surface area contributed by atoms with Crippen molar-refractivity contribution in [2.24, 2.45) is 5.41 Å². The summed E-state index contributed by atoms with van der Waals surface area (Å²) in [5, 5.41) is 13.8. The van der Waals surface area contributed by atoms with Gasteiger partial charge in [0.2, 0.25) is 0 Å². The minimum absolute atomic E-state index is 0.144. The normalized spacial score (nSPS) is 16.9. The highest BCUT2D eigenvalue weighted by atomic mass is 32.1. The van der Waals surface area contributed by atoms with Crippen molar-refractivity contribution in [3.8, 4) is 0 Å². The Morgan fingerprint density at radius 2 is 2.22 bits per heavy atom. The lowest BCUT2D eigenvalue weighted by molar-refractivity contribution is -0.153. The number of nitrogens with one attached hydrogen (secondary N) is 1. The minimum atomic E-state index is -0.795. The molecule has 0 radical (unpaired) electrons. The van der Waals surface area contributed by atoms with Crippen molar-refractivity contribution in [1.29, 1.82) is 0 Å². The smallest absolute Gasteiger partial charge is 0.311 e. The first-order chi connectivity index (χ1) is 8.59. The van der Waals surface area contributed by atoms with Crippen LogP contribution in [-0.2, 0) is 11.2 Å². The number of aryl methyl sites for hydroxylation is 1. The summed E-state index contributed by atoms with van der Waals surface area (Å²) in [6, 6.07) is 1.94. The van der Waals surface area contributed by atoms with Crippen LogP contribution in [0.2, 0.25) is 0 Å². The number of rotatable bonds is 5. The molecule has 0 unspecified atom stereocenters. The molecular weight excluding hydrogens is 250 g/mol. The molecule has 5 heteroatoms. The standard InChI is InChI=1S/C13H17NO3S/c1-2-9-4-7-18-10(9)11(15)14-8-13(12(16)17)5-3-6-13/h4,7H,2-3,5-6,8H2,1H3,(H,14,15)(H,16,17). The zero-order valence-electron chi connectivity index (χ0n) is 10.4. The Morgan fingerprint density at radius 3 is 2.72 bits per heavy atom. The average molecular weight is 267 g/mol. The van der Waals surface area contributed by atoms with Gasteiger partial charge in [-0.3, -0.25) is 9.59 Å². The maximum atomic E-state index is 12.0. The molecule has 4 nitrogen and oxygen atoms in total. The highest BCUT2D eigenvalue weighted by Gasteiger charge is 2.44. The van der Waals surface area contributed by atoms with Gasteiger partial charge in [0.15, 0.2) is 0 Å². The zero-order chi connectivity index (χ0) is 13.2. The van der Waals surface area contributed by atoms with E-state index in [9.17, 15) is 14.7 Å². The Balaban J connectivity index is 1.98. The SMILES string of the molecule is CCc1ccsc1C(=O)NCC1(C(=O)O)CCC1. The van der Waals surface area contributed by atoms with Gasteiger partial charge in [0.05, 0.1) is 10.3 Å². The lowest BCUT2D eigenvalue weighted by Crippen LogP contribution is -2.47. The van der Waals surface area contributed by atoms with Crippen molar-refractivity contribution in [3.05, 3.63) is 21.9 Å². The summed E-state index contributed by atoms with van der Waals surface area (Å²) < 4.78 is 0. The van der Waals surface area contributed by atoms with Crippen molar-refractivity contribution < 1.29 is 14.7 Å². The van der Waals surface area contributed by atoms with Gasteiger partial charge in [-0.05, 0) is 36.3 Å². The van der Waals surface area contributed by atoms with Crippen molar-refractivity contribution in [1.82, 2.24) is 5.32 Å². The van der Waals surface area contributed by atoms with E-state index < -0.39 is 11.4 Å². The Morgan fingerprint density at radius 1 is 1.50 bits per heavy atom. The van der Waals surface area contributed by atoms with Crippen molar-refractivity contribution >= 4 is 23.2 Å². The third kappa shape index (κ3) is 2.27. The van der Waals surface area contributed by atoms with E-state index in [4.69, 9.17) is 0 Å². The average Bonchev–Trinajstić information content (AvgIpc) is 2.74. The van der Waals surface area contributed by atoms with E-state index in [1.54, 1.807) is 0 Å². The molecular formula is C13H17NO3S. The molecule has 98 valence electrons. The second-order valence-electron chi connectivity index (χ2n) is 4.75. The Kier molecular flexibility index (Phi) is 3.71. The molecule has 2 N–H and O–H groups in total. The first-order valence-corrected chi connectivity index (χ1v) is 7.05. The molecule has 1 aromatic rings. The first-order valence-electron chi connectivity index (χ1n) is 6.17. The number of carbonyl (C=O) groups is 2. The van der Waals surface area contributed by atoms with Crippen LogP contribution in [0.5, 0.6) is 0 Å². The minimum Gasteiger partial charge on any atom is -0.481 e. The van der Waals surface area contributed by atoms with Crippen LogP contribution in [0.25, 0.3) is 0 Å². The molecule has 0 bridgehead atoms. The van der Waals surface area contributed by atoms with Gasteiger partial charge in [0.1, 0.15) is 0 Å². The summed E-state index contributed by atoms with van der Waals surface area (Å²) in [7, 11) is 0. The Hall–Kier alpha value is -1.36. The number of carboxylic acid groups (broad SMARTS) is 1. The largest absolute Gasteiger partial charge is 0.481 e. The van der Waals surface area contributed by atoms with Crippen molar-refractivity contribution in [2.45, 2.75) is 32.6 Å². The van der Waals surface area contributed by atoms with Crippen LogP contribution in [-0.4, -0.2) is 23.5 Å². The molecule has 1 aliphatic rings. The fraction of sp³-hybridized carbons (Fsp3) is 0.538. The summed E-state index contributed by atoms with van der Waals surface area (Å²) in [5.41, 5.74) is 0.301. The van der Waals surface area contributed by atoms with Gasteiger partial charge >= 0.3 is 5.97 Å². The van der Waals surface area contributed by atoms with Crippen LogP contribution in [0.15, 0.2) is 11.4 Å². The number of carboxylic acids is 1. The monoisotopic (exact) mass is 267 g/mol. The fourth-order valence-corrected chi connectivity index (χ4v) is 3.12. The summed E-state index contributed by atoms with van der Waals surface area (Å²) in [6.45, 7) is 2.24. The number of hydrogen-bond donors (Lipinski definition) is 2. The van der Waals surface area contributed by atoms with Gasteiger partial charge in [0, 0.05) is 6.54 Å². The Bertz CT molecular complexity index is 463. The third-order valence-electron chi connectivity index (χ3n) is 3.69. The molecule has 1 amide bonds. The Labute approximate surface area is 110 Å². The number of carbonyl (C=O) groups excluding carboxylic acids is 1. The topological polar surface area (TPSA) is 66.4 Å². The van der Waals surface area contributed by atoms with Crippen LogP contribution in [0, 0.1) is 5.41 Å². The molecule has 18 heavy (non-hydrogen) atoms. The van der Waals surface area contributed by atoms with E-state index in [1.165, 1.54) is 11.3 Å². The molecule has 1 aliphatic carbocycles. The lowest BCUT2D eigenvalue weighted by atomic mass is 9.69. The molecule has 1 saturated carbocycles. The highest BCUT2D eigenvalue weighted by Crippen LogP contribution is 2.40. The molecule has 0 saturated heterocycles. The summed E-state index contributed by atoms with van der Waals surface area (Å²) >= 11 is 1.41. The van der Waals surface area contributed by atoms with Crippen LogP contribution in [0.3, 0.4) is 0 Å². The number of thiophene rings is 1. The predicted molar refractivity (Wildman–Crippen MR) is 70.0 cm³/mol. The highest BCUT2D eigenvalue weighted by molar-refractivity contribution is 7.12. The number of aliphatic carboxylic acids is 1. The van der Waals surface area contributed by atoms with E-state index in [0.29, 0.717) is 17.7 Å². The van der Waals surface area contributed by atoms with Crippen molar-refractivity contribution in [3.63, 3.8) is 0 Å². The molecule has 0 aliphatic heterocycles. The summed E-state index contributed by atoms with van der Waals surface area (Å²) in [5.74, 6) is -0.940. The maximum absolute atomic E-state index is 12.0. The van der Waals surface area contributed by atoms with E-state index in [1.807, 2.05) is 18.4 Å². The van der Waals surface area contributed by atoms with E-state index in [2.05, 4.69) is 5.32 Å². The summed E-state index contributed by atoms with van der Waals surface area (Å²) in [6.07, 6.45) is 3.07. The van der Waals surface area contributed by atoms with Crippen LogP contribution < -0.4 is 5.32 Å². The van der Waals surface area contributed by atoms with Gasteiger partial charge in [-0.1, -0.05) is 13.3 Å². The molecule has 0 aromatic carbocycles. The lowest BCUT2D eigenvalue weighted by Gasteiger charge is -2.37. The van der Waals surface area contributed by atoms with Gasteiger partial charge in [-0.25, -0.2) is 0 Å². The molecule has 1 aromatic heterocycles. The zero-order valence-corrected chi connectivity index (χ0v) is 11.2. The van der Waals surface area contributed by atoms with Gasteiger partial charge < -0.3 is 10.4 Å². The van der Waals surface area contributed by atoms with Gasteiger partial charge in [0.25, 0.3) is 5.91 Å². The number of amides is 1. The third-order valence-corrected chi connectivity index (χ3v) is 4.64. The first kappa shape index (κ1) is 13.1. The maximum Gasteiger partial charge on any atom is 0.311 e. The summed E-state index contributed by atoms with van der Waals surface area (Å²) in [4.78, 5) is 23.9. The van der Waals surface area contributed by atoms with Gasteiger partial charge in [-0.15, -0.1) is 11.3 Å². The van der Waals surface area contributed by atoms with Crippen LogP contribution in [0.1, 0.15) is 41.4 Å². The van der Waals surface area contributed by atoms with E-state index in [-0.39, 0.29) is 12.5 Å². The fourth-order valence-electron chi connectivity index (χ4n) is 2.21. The number of hydrogen-bond acceptors (Lipinski definition) is 3. The van der Waals surface area contributed by atoms with E-state index in [0.717, 1.165) is 18.4 Å². The molecule has 1 heterocycles. The predicted octanol–water partition coefficient (Wildman–Crippen LogP) is 2.30. The van der Waals surface area contributed by atoms with Crippen LogP contribution >= 0.6 is 11.3 Å². The molecule has 2 rings (SSSR count). The van der Waals surface area contributed by atoms with Crippen LogP contribution in [0.4, 0.5) is 0 Å². The second kappa shape index (κ2) is 5.10. The van der Waals surface area contributed by atoms with E-state index >= 15 is 0 Å². The molecule has 0 spiro atoms. The van der Waals surface area contributed by atoms with Crippen molar-refractivity contribution in [2.75, 3.05) is 6.54 Å². The molecule has 1 fully saturated rings. The van der Waals surface area contributed by atoms with Gasteiger partial charge in [-0.2, -0.15) is 0 Å². The second-order valence-corrected chi connectivity index (χ2v) is 5.67. The molecule has 0 atom stereocenters.